The van der Waals surface area contributed by atoms with Gasteiger partial charge in [0.2, 0.25) is 11.8 Å². The van der Waals surface area contributed by atoms with Crippen LogP contribution in [0.25, 0.3) is 0 Å². The average molecular weight is 414 g/mol. The van der Waals surface area contributed by atoms with E-state index in [1.807, 2.05) is 32.2 Å². The smallest absolute Gasteiger partial charge is 0.269 e. The molecule has 0 unspecified atom stereocenters. The molecular formula is C21H26N4O5. The summed E-state index contributed by atoms with van der Waals surface area (Å²) in [5, 5.41) is 11.0. The first-order valence-electron chi connectivity index (χ1n) is 9.80. The number of hydrogen-bond acceptors (Lipinski definition) is 5. The quantitative estimate of drug-likeness (QED) is 0.511. The van der Waals surface area contributed by atoms with E-state index in [9.17, 15) is 19.7 Å². The van der Waals surface area contributed by atoms with Crippen LogP contribution in [0.5, 0.6) is 0 Å². The minimum atomic E-state index is -0.446. The highest BCUT2D eigenvalue weighted by molar-refractivity contribution is 5.86. The number of carbonyl (C=O) groups excluding carboxylic acids is 2. The van der Waals surface area contributed by atoms with Gasteiger partial charge in [-0.15, -0.1) is 0 Å². The van der Waals surface area contributed by atoms with Crippen molar-refractivity contribution < 1.29 is 19.2 Å². The van der Waals surface area contributed by atoms with Crippen LogP contribution in [0, 0.1) is 10.1 Å². The van der Waals surface area contributed by atoms with E-state index in [1.165, 1.54) is 24.1 Å². The van der Waals surface area contributed by atoms with Gasteiger partial charge in [-0.2, -0.15) is 0 Å². The lowest BCUT2D eigenvalue weighted by Gasteiger charge is -2.39. The van der Waals surface area contributed by atoms with E-state index in [4.69, 9.17) is 4.74 Å². The first-order valence-corrected chi connectivity index (χ1v) is 9.80. The van der Waals surface area contributed by atoms with E-state index in [0.29, 0.717) is 13.1 Å². The third-order valence-corrected chi connectivity index (χ3v) is 5.30. The van der Waals surface area contributed by atoms with Crippen molar-refractivity contribution in [1.29, 1.82) is 0 Å². The number of nitro benzene ring substituents is 1. The molecule has 0 radical (unpaired) electrons. The summed E-state index contributed by atoms with van der Waals surface area (Å²) in [6.07, 6.45) is 1.96. The molecule has 0 fully saturated rings. The summed E-state index contributed by atoms with van der Waals surface area (Å²) in [7, 11) is 1.45. The fourth-order valence-electron chi connectivity index (χ4n) is 3.78. The molecule has 0 spiro atoms. The SMILES string of the molecule is COCC(=O)N(CC(=O)N1CCn2cccc2[C@H]1c1ccc([N+](=O)[O-])cc1)C(C)C. The number of non-ortho nitro benzene ring substituents is 1. The zero-order valence-corrected chi connectivity index (χ0v) is 17.4. The van der Waals surface area contributed by atoms with Crippen molar-refractivity contribution >= 4 is 17.5 Å². The number of fused-ring (bicyclic) bond motifs is 1. The Labute approximate surface area is 175 Å². The molecule has 1 aromatic heterocycles. The molecule has 9 nitrogen and oxygen atoms in total. The number of carbonyl (C=O) groups is 2. The van der Waals surface area contributed by atoms with Gasteiger partial charge in [0.15, 0.2) is 0 Å². The van der Waals surface area contributed by atoms with Crippen molar-refractivity contribution in [2.24, 2.45) is 0 Å². The van der Waals surface area contributed by atoms with Crippen molar-refractivity contribution in [3.05, 3.63) is 64.0 Å². The molecule has 160 valence electrons. The molecule has 1 aliphatic rings. The zero-order chi connectivity index (χ0) is 21.8. The summed E-state index contributed by atoms with van der Waals surface area (Å²) < 4.78 is 7.02. The van der Waals surface area contributed by atoms with Crippen LogP contribution in [0.2, 0.25) is 0 Å². The van der Waals surface area contributed by atoms with Crippen molar-refractivity contribution in [3.63, 3.8) is 0 Å². The van der Waals surface area contributed by atoms with Gasteiger partial charge in [0.05, 0.1) is 11.0 Å². The minimum absolute atomic E-state index is 0.000959. The second-order valence-electron chi connectivity index (χ2n) is 7.51. The Morgan fingerprint density at radius 3 is 2.53 bits per heavy atom. The number of nitrogens with zero attached hydrogens (tertiary/aromatic N) is 4. The first kappa shape index (κ1) is 21.5. The highest BCUT2D eigenvalue weighted by Crippen LogP contribution is 2.33. The molecular weight excluding hydrogens is 388 g/mol. The lowest BCUT2D eigenvalue weighted by atomic mass is 9.99. The van der Waals surface area contributed by atoms with Crippen LogP contribution < -0.4 is 0 Å². The molecule has 2 aromatic rings. The fourth-order valence-corrected chi connectivity index (χ4v) is 3.78. The summed E-state index contributed by atoms with van der Waals surface area (Å²) in [5.74, 6) is -0.419. The molecule has 0 saturated heterocycles. The molecule has 0 bridgehead atoms. The zero-order valence-electron chi connectivity index (χ0n) is 17.4. The van der Waals surface area contributed by atoms with Gasteiger partial charge in [-0.1, -0.05) is 0 Å². The second kappa shape index (κ2) is 9.08. The number of amides is 2. The maximum absolute atomic E-state index is 13.3. The molecule has 0 saturated carbocycles. The van der Waals surface area contributed by atoms with Gasteiger partial charge in [0, 0.05) is 50.3 Å². The number of hydrogen-bond donors (Lipinski definition) is 0. The number of benzene rings is 1. The van der Waals surface area contributed by atoms with Crippen molar-refractivity contribution in [3.8, 4) is 0 Å². The van der Waals surface area contributed by atoms with Crippen LogP contribution in [0.1, 0.15) is 31.1 Å². The Hall–Kier alpha value is -3.20. The fraction of sp³-hybridized carbons (Fsp3) is 0.429. The summed E-state index contributed by atoms with van der Waals surface area (Å²) in [4.78, 5) is 39.5. The molecule has 1 aliphatic heterocycles. The summed E-state index contributed by atoms with van der Waals surface area (Å²) >= 11 is 0. The second-order valence-corrected chi connectivity index (χ2v) is 7.51. The summed E-state index contributed by atoms with van der Waals surface area (Å²) in [6.45, 7) is 4.70. The van der Waals surface area contributed by atoms with E-state index in [2.05, 4.69) is 4.57 Å². The standard InChI is InChI=1S/C21H26N4O5/c1-15(2)24(20(27)14-30-3)13-19(26)23-12-11-22-10-4-5-18(22)21(23)16-6-8-17(9-7-16)25(28)29/h4-10,15,21H,11-14H2,1-3H3/t21-/m1/s1. The molecule has 0 N–H and O–H groups in total. The van der Waals surface area contributed by atoms with Gasteiger partial charge in [0.1, 0.15) is 13.2 Å². The van der Waals surface area contributed by atoms with Crippen molar-refractivity contribution in [2.75, 3.05) is 26.8 Å². The predicted octanol–water partition coefficient (Wildman–Crippen LogP) is 2.21. The predicted molar refractivity (Wildman–Crippen MR) is 110 cm³/mol. The number of rotatable bonds is 7. The lowest BCUT2D eigenvalue weighted by Crippen LogP contribution is -2.50. The Balaban J connectivity index is 1.91. The van der Waals surface area contributed by atoms with Gasteiger partial charge in [-0.3, -0.25) is 19.7 Å². The monoisotopic (exact) mass is 414 g/mol. The van der Waals surface area contributed by atoms with E-state index < -0.39 is 4.92 Å². The molecule has 9 heteroatoms. The van der Waals surface area contributed by atoms with E-state index >= 15 is 0 Å². The molecule has 2 amide bonds. The maximum Gasteiger partial charge on any atom is 0.269 e. The summed E-state index contributed by atoms with van der Waals surface area (Å²) in [6, 6.07) is 9.60. The molecule has 30 heavy (non-hydrogen) atoms. The normalized spacial score (nSPS) is 15.7. The molecule has 0 aliphatic carbocycles. The van der Waals surface area contributed by atoms with Crippen LogP contribution in [0.3, 0.4) is 0 Å². The first-order chi connectivity index (χ1) is 14.3. The highest BCUT2D eigenvalue weighted by Gasteiger charge is 2.34. The van der Waals surface area contributed by atoms with Crippen LogP contribution in [-0.2, 0) is 20.9 Å². The Morgan fingerprint density at radius 1 is 1.23 bits per heavy atom. The van der Waals surface area contributed by atoms with Crippen molar-refractivity contribution in [1.82, 2.24) is 14.4 Å². The third kappa shape index (κ3) is 4.35. The van der Waals surface area contributed by atoms with E-state index in [1.54, 1.807) is 17.0 Å². The largest absolute Gasteiger partial charge is 0.375 e. The van der Waals surface area contributed by atoms with Gasteiger partial charge < -0.3 is 19.1 Å². The lowest BCUT2D eigenvalue weighted by molar-refractivity contribution is -0.384. The average Bonchev–Trinajstić information content (AvgIpc) is 3.19. The van der Waals surface area contributed by atoms with Gasteiger partial charge in [-0.05, 0) is 43.7 Å². The van der Waals surface area contributed by atoms with Gasteiger partial charge >= 0.3 is 0 Å². The van der Waals surface area contributed by atoms with Crippen LogP contribution >= 0.6 is 0 Å². The molecule has 1 atom stereocenters. The Morgan fingerprint density at radius 2 is 1.93 bits per heavy atom. The molecule has 1 aromatic carbocycles. The van der Waals surface area contributed by atoms with Gasteiger partial charge in [-0.25, -0.2) is 0 Å². The molecule has 2 heterocycles. The van der Waals surface area contributed by atoms with Crippen LogP contribution in [0.4, 0.5) is 5.69 Å². The molecule has 3 rings (SSSR count). The minimum Gasteiger partial charge on any atom is -0.375 e. The van der Waals surface area contributed by atoms with Crippen LogP contribution in [0.15, 0.2) is 42.6 Å². The number of nitro groups is 1. The van der Waals surface area contributed by atoms with E-state index in [0.717, 1.165) is 11.3 Å². The number of ether oxygens (including phenoxy) is 1. The Kier molecular flexibility index (Phi) is 6.51. The topological polar surface area (TPSA) is 97.9 Å². The number of aromatic nitrogens is 1. The van der Waals surface area contributed by atoms with E-state index in [-0.39, 0.29) is 42.7 Å². The highest BCUT2D eigenvalue weighted by atomic mass is 16.6. The van der Waals surface area contributed by atoms with Gasteiger partial charge in [0.25, 0.3) is 5.69 Å². The summed E-state index contributed by atoms with van der Waals surface area (Å²) in [5.41, 5.74) is 1.72. The van der Waals surface area contributed by atoms with Crippen molar-refractivity contribution in [2.45, 2.75) is 32.5 Å². The Bertz CT molecular complexity index is 922. The van der Waals surface area contributed by atoms with Crippen LogP contribution in [-0.4, -0.2) is 64.0 Å². The maximum atomic E-state index is 13.3. The number of methoxy groups -OCH3 is 1. The third-order valence-electron chi connectivity index (χ3n) is 5.30.